The Kier molecular flexibility index (Phi) is 37.0. The number of carbonyl (C=O) groups excluding carboxylic acids is 3. The summed E-state index contributed by atoms with van der Waals surface area (Å²) in [7, 11) is -0.0106. The largest absolute Gasteiger partial charge is 0.707 e. The van der Waals surface area contributed by atoms with Gasteiger partial charge in [0, 0.05) is 87.9 Å². The standard InChI is InChI=1S/C14H18N5.C14H14N4O3.2C14H15N3O2.C13H12N4O3.C12H13N5O.2CH4O4S/c1-18(2)12-6-7-14(13(15)9-12)17-16-11-5-4-8-19(3)10-11;1-20-18-6-3-2-4-14(18)17-16-10-9-13-11(8-12(10)19)15-5-7-21-13;1-9-4-5-17(19)14(6-9)16-15-12-7-11(3)13(18)8-10(12)2;1-9-8-13(18)10(2)7-12(9)15-16-14-6-4-5-11(3)17(14)19;18-11-7-10-12(20-6-4-14-10)8-9(11)15-16-13-3-1-2-5-17(13)19;1-8-6-11(10(14)7-9(8)13)15-16-12-4-2-3-5-17(12)18;2*1-6(3,4)5-2/h4-10H,15H2,1-3H3;2-4,6,8-9H,5,7H2,1H3,(H,15,19);2*4-8,19H,1-3H3;1-3,5,7-8,14,19H,4,6H2;2-7,13,18H,14H2,1H3;2*2H,1H3/q+1;;;;;;;/p-1. The maximum Gasteiger partial charge on any atom is 0.388 e. The predicted molar refractivity (Wildman–Crippen MR) is 466 cm³/mol. The quantitative estimate of drug-likeness (QED) is 0.0108. The number of aromatic hydroxyl groups is 1. The Morgan fingerprint density at radius 3 is 1.66 bits per heavy atom. The minimum absolute atomic E-state index is 0.00997. The Morgan fingerprint density at radius 1 is 0.531 bits per heavy atom. The molecular formula is C83H94N24O19S2. The van der Waals surface area contributed by atoms with Crippen molar-refractivity contribution in [1.82, 2.24) is 24.2 Å². The molecule has 2 aliphatic heterocycles. The first kappa shape index (κ1) is 99.3. The van der Waals surface area contributed by atoms with Crippen LogP contribution in [0.3, 0.4) is 0 Å². The molecule has 0 radical (unpaired) electrons. The second kappa shape index (κ2) is 47.7. The van der Waals surface area contributed by atoms with Gasteiger partial charge in [0.1, 0.15) is 73.6 Å². The molecule has 0 unspecified atom stereocenters. The molecule has 8 aromatic rings. The summed E-state index contributed by atoms with van der Waals surface area (Å²) in [5.74, 6) is 1.50. The van der Waals surface area contributed by atoms with Crippen LogP contribution < -0.4 is 78.3 Å². The molecule has 8 heterocycles. The summed E-state index contributed by atoms with van der Waals surface area (Å²) in [6, 6.07) is 36.8. The van der Waals surface area contributed by atoms with Crippen molar-refractivity contribution in [3.8, 4) is 11.5 Å². The number of phenols is 1. The Labute approximate surface area is 733 Å². The zero-order valence-electron chi connectivity index (χ0n) is 71.5. The molecule has 0 saturated carbocycles. The van der Waals surface area contributed by atoms with Crippen LogP contribution in [0.5, 0.6) is 11.5 Å². The first-order valence-electron chi connectivity index (χ1n) is 37.8. The van der Waals surface area contributed by atoms with Gasteiger partial charge in [0.15, 0.2) is 51.6 Å². The molecule has 14 rings (SSSR count). The lowest BCUT2D eigenvalue weighted by Gasteiger charge is -2.23. The van der Waals surface area contributed by atoms with Crippen LogP contribution >= 0.6 is 0 Å². The molecule has 12 N–H and O–H groups in total. The van der Waals surface area contributed by atoms with E-state index in [4.69, 9.17) is 41.7 Å². The highest BCUT2D eigenvalue weighted by Gasteiger charge is 2.23. The molecule has 0 bridgehead atoms. The fourth-order valence-electron chi connectivity index (χ4n) is 10.2. The molecule has 6 aliphatic rings. The second-order valence-corrected chi connectivity index (χ2v) is 30.6. The molecular weight excluding hydrogens is 1700 g/mol. The normalized spacial score (nSPS) is 16.3. The number of aromatic nitrogens is 6. The summed E-state index contributed by atoms with van der Waals surface area (Å²) in [6.07, 6.45) is 23.9. The number of fused-ring (bicyclic) bond motifs is 2. The van der Waals surface area contributed by atoms with E-state index in [1.807, 2.05) is 92.4 Å². The second-order valence-electron chi connectivity index (χ2n) is 27.5. The molecule has 1 saturated heterocycles. The number of allylic oxidation sites excluding steroid dienone is 13. The van der Waals surface area contributed by atoms with Gasteiger partial charge in [-0.1, -0.05) is 18.2 Å². The third-order valence-corrected chi connectivity index (χ3v) is 17.5. The van der Waals surface area contributed by atoms with Gasteiger partial charge >= 0.3 is 5.82 Å². The molecule has 0 amide bonds. The molecule has 0 atom stereocenters. The number of nitrogens with zero attached hydrogens (tertiary/aromatic N) is 19. The van der Waals surface area contributed by atoms with Crippen molar-refractivity contribution in [2.75, 3.05) is 76.0 Å². The van der Waals surface area contributed by atoms with Crippen LogP contribution in [0.2, 0.25) is 0 Å². The van der Waals surface area contributed by atoms with E-state index in [2.05, 4.69) is 80.6 Å². The van der Waals surface area contributed by atoms with Crippen LogP contribution in [0.4, 0.5) is 39.9 Å². The molecule has 45 heteroatoms. The zero-order valence-corrected chi connectivity index (χ0v) is 73.1. The fraction of sp³-hybridized carbons (Fsp3) is 0.205. The number of azo groups is 2. The van der Waals surface area contributed by atoms with Gasteiger partial charge in [0.25, 0.3) is 20.2 Å². The van der Waals surface area contributed by atoms with Gasteiger partial charge in [-0.3, -0.25) is 14.4 Å². The average Bonchev–Trinajstić information content (AvgIpc) is 0.814. The van der Waals surface area contributed by atoms with E-state index in [0.29, 0.717) is 141 Å². The number of nitrogen functional groups attached to an aromatic ring is 1. The summed E-state index contributed by atoms with van der Waals surface area (Å²) in [6.45, 7) is 15.0. The number of rotatable bonds is 12. The Morgan fingerprint density at radius 2 is 1.08 bits per heavy atom. The van der Waals surface area contributed by atoms with Crippen molar-refractivity contribution in [1.29, 1.82) is 5.41 Å². The van der Waals surface area contributed by atoms with Crippen LogP contribution in [-0.4, -0.2) is 168 Å². The highest BCUT2D eigenvalue weighted by molar-refractivity contribution is 7.86. The SMILES string of the molecule is CC1=CC(=NN=c2cc(C)ccn2O)C(C)=CC1=O.CC1=CC(=NN=c2cccc(C)n2O)C(C)=CC1=O.CC1=CC(=NN=c2ccccn2O)C(N)=CC1=N.CN(C)c1ccc(N=Nc2ccc[n+](C)c2)c(N)c1.CO[n+]1ccccc1N=Nc1cc2c(cc1O)NCCO2.CS(=O)(=O)O[O-].CS(=O)(=O)O[O-].O=C1C=C2NCCOC2=CC1=NN=c1ccccn1O. The van der Waals surface area contributed by atoms with Crippen LogP contribution in [0, 0.1) is 19.3 Å². The summed E-state index contributed by atoms with van der Waals surface area (Å²) < 4.78 is 61.1. The Balaban J connectivity index is 0.000000205. The monoisotopic (exact) mass is 1790 g/mol. The number of carbonyl (C=O) groups is 3. The highest BCUT2D eigenvalue weighted by atomic mass is 32.2. The summed E-state index contributed by atoms with van der Waals surface area (Å²) in [5.41, 5.74) is 25.6. The van der Waals surface area contributed by atoms with Crippen molar-refractivity contribution in [2.45, 2.75) is 48.5 Å². The van der Waals surface area contributed by atoms with Gasteiger partial charge in [-0.05, 0) is 213 Å². The number of aryl methyl sites for hydroxylation is 3. The lowest BCUT2D eigenvalue weighted by atomic mass is 9.99. The van der Waals surface area contributed by atoms with Gasteiger partial charge in [-0.25, -0.2) is 21.4 Å². The lowest BCUT2D eigenvalue weighted by molar-refractivity contribution is -0.875. The maximum atomic E-state index is 11.9. The van der Waals surface area contributed by atoms with Gasteiger partial charge < -0.3 is 91.8 Å². The lowest BCUT2D eigenvalue weighted by Crippen LogP contribution is -2.39. The summed E-state index contributed by atoms with van der Waals surface area (Å²) >= 11 is 0. The van der Waals surface area contributed by atoms with E-state index < -0.39 is 20.2 Å². The molecule has 6 aromatic heterocycles. The minimum Gasteiger partial charge on any atom is -0.707 e. The van der Waals surface area contributed by atoms with E-state index >= 15 is 0 Å². The van der Waals surface area contributed by atoms with Crippen LogP contribution in [0.15, 0.2) is 319 Å². The number of ketones is 3. The average molecular weight is 1800 g/mol. The molecule has 672 valence electrons. The van der Waals surface area contributed by atoms with Crippen LogP contribution in [0.25, 0.3) is 0 Å². The van der Waals surface area contributed by atoms with Crippen LogP contribution in [-0.2, 0) is 55.1 Å². The third-order valence-electron chi connectivity index (χ3n) is 17.0. The number of morpholine rings is 1. The van der Waals surface area contributed by atoms with Crippen molar-refractivity contribution < 1.29 is 99.9 Å². The maximum absolute atomic E-state index is 11.9. The van der Waals surface area contributed by atoms with Gasteiger partial charge in [-0.15, -0.1) is 51.0 Å². The smallest absolute Gasteiger partial charge is 0.388 e. The van der Waals surface area contributed by atoms with Crippen molar-refractivity contribution >= 4 is 106 Å². The van der Waals surface area contributed by atoms with Gasteiger partial charge in [-0.2, -0.15) is 18.9 Å². The van der Waals surface area contributed by atoms with Gasteiger partial charge in [0.05, 0.1) is 63.2 Å². The summed E-state index contributed by atoms with van der Waals surface area (Å²) in [4.78, 5) is 41.9. The fourth-order valence-corrected chi connectivity index (χ4v) is 10.2. The van der Waals surface area contributed by atoms with Crippen molar-refractivity contribution in [3.05, 3.63) is 291 Å². The predicted octanol–water partition coefficient (Wildman–Crippen LogP) is 5.30. The first-order valence-corrected chi connectivity index (χ1v) is 41.4. The first-order chi connectivity index (χ1) is 60.7. The number of ether oxygens (including phenoxy) is 2. The highest BCUT2D eigenvalue weighted by Crippen LogP contribution is 2.39. The number of anilines is 3. The molecule has 4 aliphatic carbocycles. The molecule has 2 aromatic carbocycles. The van der Waals surface area contributed by atoms with E-state index in [-0.39, 0.29) is 34.3 Å². The minimum atomic E-state index is -3.72. The Hall–Kier alpha value is -15.8. The van der Waals surface area contributed by atoms with E-state index in [0.717, 1.165) is 58.3 Å². The topological polar surface area (TPSA) is 592 Å². The zero-order chi connectivity index (χ0) is 94.0. The molecule has 0 spiro atoms. The number of hydrogen-bond donors (Lipinski definition) is 10. The molecule has 128 heavy (non-hydrogen) atoms. The summed E-state index contributed by atoms with van der Waals surface area (Å²) in [5, 5.41) is 128. The number of nitrogens with one attached hydrogen (secondary N) is 3. The third kappa shape index (κ3) is 31.8. The molecule has 43 nitrogen and oxygen atoms in total. The number of pyridine rings is 6. The number of nitrogens with two attached hydrogens (primary N) is 2. The van der Waals surface area contributed by atoms with E-state index in [1.54, 1.807) is 151 Å². The Bertz CT molecular complexity index is 6400. The van der Waals surface area contributed by atoms with E-state index in [1.165, 1.54) is 60.8 Å². The van der Waals surface area contributed by atoms with Crippen molar-refractivity contribution in [2.24, 2.45) is 74.0 Å². The van der Waals surface area contributed by atoms with Gasteiger partial charge in [0.2, 0.25) is 5.78 Å². The number of benzene rings is 2. The van der Waals surface area contributed by atoms with E-state index in [9.17, 15) is 57.2 Å². The van der Waals surface area contributed by atoms with Crippen LogP contribution in [0.1, 0.15) is 45.9 Å². The van der Waals surface area contributed by atoms with Crippen molar-refractivity contribution in [3.63, 3.8) is 0 Å². The number of hydrogen-bond acceptors (Lipinski definition) is 37. The number of phenolic OH excluding ortho intramolecular Hbond substituents is 1. The molecule has 1 fully saturated rings.